The number of rotatable bonds is 3. The highest BCUT2D eigenvalue weighted by atomic mass is 32.2. The Balaban J connectivity index is 1.46. The average molecular weight is 429 g/mol. The van der Waals surface area contributed by atoms with E-state index in [2.05, 4.69) is 50.8 Å². The summed E-state index contributed by atoms with van der Waals surface area (Å²) in [5.41, 5.74) is 4.82. The largest absolute Gasteiger partial charge is 0.356 e. The molecule has 0 N–H and O–H groups in total. The molecule has 2 aromatic rings. The number of fused-ring (bicyclic) bond motifs is 1. The lowest BCUT2D eigenvalue weighted by Crippen LogP contribution is -2.48. The highest BCUT2D eigenvalue weighted by Gasteiger charge is 2.33. The number of anilines is 1. The van der Waals surface area contributed by atoms with E-state index >= 15 is 0 Å². The predicted molar refractivity (Wildman–Crippen MR) is 120 cm³/mol. The van der Waals surface area contributed by atoms with E-state index in [-0.39, 0.29) is 5.41 Å². The van der Waals surface area contributed by atoms with Crippen LogP contribution in [0.4, 0.5) is 5.69 Å². The Morgan fingerprint density at radius 2 is 1.67 bits per heavy atom. The molecule has 4 rings (SSSR count). The fourth-order valence-corrected chi connectivity index (χ4v) is 5.88. The number of benzene rings is 2. The minimum Gasteiger partial charge on any atom is -0.356 e. The average Bonchev–Trinajstić information content (AvgIpc) is 2.72. The Morgan fingerprint density at radius 1 is 1.00 bits per heavy atom. The van der Waals surface area contributed by atoms with Crippen molar-refractivity contribution >= 4 is 15.7 Å². The molecule has 6 heteroatoms. The van der Waals surface area contributed by atoms with Gasteiger partial charge in [0, 0.05) is 30.4 Å². The van der Waals surface area contributed by atoms with Gasteiger partial charge in [-0.25, -0.2) is 8.42 Å². The molecule has 2 heterocycles. The Labute approximate surface area is 180 Å². The van der Waals surface area contributed by atoms with Crippen molar-refractivity contribution in [3.8, 4) is 0 Å². The maximum absolute atomic E-state index is 13.2. The van der Waals surface area contributed by atoms with Crippen molar-refractivity contribution in [2.24, 2.45) is 0 Å². The van der Waals surface area contributed by atoms with Crippen molar-refractivity contribution in [2.45, 2.75) is 63.5 Å². The zero-order chi connectivity index (χ0) is 21.5. The molecular formula is C24H32N2O3S. The fraction of sp³-hybridized carbons (Fsp3) is 0.500. The van der Waals surface area contributed by atoms with Crippen molar-refractivity contribution in [1.82, 2.24) is 4.31 Å². The summed E-state index contributed by atoms with van der Waals surface area (Å²) in [7, 11) is -3.46. The normalized spacial score (nSPS) is 19.0. The molecule has 2 aromatic carbocycles. The van der Waals surface area contributed by atoms with E-state index in [9.17, 15) is 8.42 Å². The van der Waals surface area contributed by atoms with Crippen LogP contribution < -0.4 is 4.90 Å². The van der Waals surface area contributed by atoms with E-state index in [1.54, 1.807) is 16.4 Å². The van der Waals surface area contributed by atoms with E-state index < -0.39 is 10.0 Å². The van der Waals surface area contributed by atoms with Gasteiger partial charge in [-0.3, -0.25) is 0 Å². The Hall–Kier alpha value is -1.89. The van der Waals surface area contributed by atoms with Crippen LogP contribution in [0.1, 0.15) is 50.3 Å². The van der Waals surface area contributed by atoms with Crippen molar-refractivity contribution in [2.75, 3.05) is 24.7 Å². The Morgan fingerprint density at radius 3 is 2.30 bits per heavy atom. The van der Waals surface area contributed by atoms with Crippen molar-refractivity contribution in [1.29, 1.82) is 0 Å². The van der Waals surface area contributed by atoms with Gasteiger partial charge < -0.3 is 9.64 Å². The van der Waals surface area contributed by atoms with E-state index in [1.165, 1.54) is 16.8 Å². The first-order valence-corrected chi connectivity index (χ1v) is 12.1. The molecule has 0 spiro atoms. The minimum absolute atomic E-state index is 0.00594. The van der Waals surface area contributed by atoms with Crippen molar-refractivity contribution in [3.63, 3.8) is 0 Å². The van der Waals surface area contributed by atoms with Crippen LogP contribution in [0.3, 0.4) is 0 Å². The van der Waals surface area contributed by atoms with Crippen LogP contribution in [0.2, 0.25) is 0 Å². The van der Waals surface area contributed by atoms with Crippen LogP contribution in [-0.2, 0) is 26.8 Å². The van der Waals surface area contributed by atoms with E-state index in [1.807, 2.05) is 12.1 Å². The van der Waals surface area contributed by atoms with Crippen LogP contribution in [0.5, 0.6) is 0 Å². The van der Waals surface area contributed by atoms with Gasteiger partial charge in [0.05, 0.1) is 11.5 Å². The van der Waals surface area contributed by atoms with E-state index in [4.69, 9.17) is 4.74 Å². The second kappa shape index (κ2) is 7.98. The SMILES string of the molecule is Cc1ccc2c(c1)COCN2C1CCN(S(=O)(=O)c2ccc(C(C)(C)C)cc2)CC1. The second-order valence-corrected chi connectivity index (χ2v) is 11.4. The molecule has 162 valence electrons. The number of ether oxygens (including phenoxy) is 1. The first-order valence-electron chi connectivity index (χ1n) is 10.7. The number of aryl methyl sites for hydroxylation is 1. The fourth-order valence-electron chi connectivity index (χ4n) is 4.41. The monoisotopic (exact) mass is 428 g/mol. The summed E-state index contributed by atoms with van der Waals surface area (Å²) in [6, 6.07) is 14.2. The molecular weight excluding hydrogens is 396 g/mol. The van der Waals surface area contributed by atoms with Crippen LogP contribution in [0.25, 0.3) is 0 Å². The molecule has 0 saturated carbocycles. The van der Waals surface area contributed by atoms with Gasteiger partial charge in [-0.15, -0.1) is 0 Å². The summed E-state index contributed by atoms with van der Waals surface area (Å²) in [4.78, 5) is 2.69. The second-order valence-electron chi connectivity index (χ2n) is 9.49. The van der Waals surface area contributed by atoms with Crippen LogP contribution in [-0.4, -0.2) is 38.6 Å². The third-order valence-corrected chi connectivity index (χ3v) is 8.17. The number of sulfonamides is 1. The maximum Gasteiger partial charge on any atom is 0.243 e. The number of nitrogens with zero attached hydrogens (tertiary/aromatic N) is 2. The molecule has 30 heavy (non-hydrogen) atoms. The first-order chi connectivity index (χ1) is 14.2. The molecule has 5 nitrogen and oxygen atoms in total. The number of piperidine rings is 1. The molecule has 0 unspecified atom stereocenters. The quantitative estimate of drug-likeness (QED) is 0.725. The molecule has 0 amide bonds. The summed E-state index contributed by atoms with van der Waals surface area (Å²) in [6.45, 7) is 10.8. The molecule has 0 aromatic heterocycles. The summed E-state index contributed by atoms with van der Waals surface area (Å²) in [6.07, 6.45) is 1.60. The van der Waals surface area contributed by atoms with Gasteiger partial charge in [0.15, 0.2) is 0 Å². The molecule has 1 fully saturated rings. The Kier molecular flexibility index (Phi) is 5.68. The summed E-state index contributed by atoms with van der Waals surface area (Å²) in [5.74, 6) is 0. The lowest BCUT2D eigenvalue weighted by atomic mass is 9.87. The zero-order valence-corrected chi connectivity index (χ0v) is 19.2. The van der Waals surface area contributed by atoms with Gasteiger partial charge >= 0.3 is 0 Å². The van der Waals surface area contributed by atoms with Gasteiger partial charge in [0.25, 0.3) is 0 Å². The van der Waals surface area contributed by atoms with Crippen LogP contribution in [0, 0.1) is 6.92 Å². The molecule has 0 aliphatic carbocycles. The van der Waals surface area contributed by atoms with Gasteiger partial charge in [0.2, 0.25) is 10.0 Å². The highest BCUT2D eigenvalue weighted by molar-refractivity contribution is 7.89. The van der Waals surface area contributed by atoms with Gasteiger partial charge in [0.1, 0.15) is 6.73 Å². The highest BCUT2D eigenvalue weighted by Crippen LogP contribution is 2.33. The molecule has 1 saturated heterocycles. The summed E-state index contributed by atoms with van der Waals surface area (Å²) < 4.78 is 33.8. The molecule has 2 aliphatic heterocycles. The summed E-state index contributed by atoms with van der Waals surface area (Å²) >= 11 is 0. The lowest BCUT2D eigenvalue weighted by Gasteiger charge is -2.41. The third-order valence-electron chi connectivity index (χ3n) is 6.25. The number of hydrogen-bond donors (Lipinski definition) is 0. The van der Waals surface area contributed by atoms with Gasteiger partial charge in [-0.1, -0.05) is 50.6 Å². The molecule has 0 bridgehead atoms. The Bertz CT molecular complexity index is 1000. The minimum atomic E-state index is -3.46. The predicted octanol–water partition coefficient (Wildman–Crippen LogP) is 4.44. The third kappa shape index (κ3) is 4.13. The topological polar surface area (TPSA) is 49.9 Å². The smallest absolute Gasteiger partial charge is 0.243 e. The molecule has 0 atom stereocenters. The van der Waals surface area contributed by atoms with Gasteiger partial charge in [-0.05, 0) is 48.9 Å². The number of hydrogen-bond acceptors (Lipinski definition) is 4. The van der Waals surface area contributed by atoms with E-state index in [0.29, 0.717) is 37.4 Å². The lowest BCUT2D eigenvalue weighted by molar-refractivity contribution is 0.0987. The standard InChI is InChI=1S/C24H32N2O3S/c1-18-5-10-23-19(15-18)16-29-17-26(23)21-11-13-25(14-12-21)30(27,28)22-8-6-20(7-9-22)24(2,3)4/h5-10,15,21H,11-14,16-17H2,1-4H3. The zero-order valence-electron chi connectivity index (χ0n) is 18.4. The molecule has 0 radical (unpaired) electrons. The maximum atomic E-state index is 13.2. The van der Waals surface area contributed by atoms with Crippen molar-refractivity contribution < 1.29 is 13.2 Å². The van der Waals surface area contributed by atoms with Gasteiger partial charge in [-0.2, -0.15) is 4.31 Å². The van der Waals surface area contributed by atoms with E-state index in [0.717, 1.165) is 18.4 Å². The first kappa shape index (κ1) is 21.3. The van der Waals surface area contributed by atoms with Crippen LogP contribution in [0.15, 0.2) is 47.4 Å². The molecule has 2 aliphatic rings. The van der Waals surface area contributed by atoms with Crippen molar-refractivity contribution in [3.05, 3.63) is 59.2 Å². The van der Waals surface area contributed by atoms with Crippen LogP contribution >= 0.6 is 0 Å². The summed E-state index contributed by atoms with van der Waals surface area (Å²) in [5, 5.41) is 0.